The van der Waals surface area contributed by atoms with Gasteiger partial charge in [-0.25, -0.2) is 4.68 Å². The van der Waals surface area contributed by atoms with Crippen molar-refractivity contribution >= 4 is 11.9 Å². The third kappa shape index (κ3) is 5.20. The molecule has 1 aromatic carbocycles. The van der Waals surface area contributed by atoms with Crippen molar-refractivity contribution in [1.29, 1.82) is 0 Å². The summed E-state index contributed by atoms with van der Waals surface area (Å²) in [7, 11) is 0. The fourth-order valence-electron chi connectivity index (χ4n) is 3.38. The van der Waals surface area contributed by atoms with Gasteiger partial charge in [0.1, 0.15) is 0 Å². The molecule has 0 bridgehead atoms. The fourth-order valence-corrected chi connectivity index (χ4v) is 3.38. The highest BCUT2D eigenvalue weighted by Gasteiger charge is 2.19. The van der Waals surface area contributed by atoms with Gasteiger partial charge < -0.3 is 19.3 Å². The van der Waals surface area contributed by atoms with E-state index in [0.717, 1.165) is 18.7 Å². The molecule has 0 spiro atoms. The van der Waals surface area contributed by atoms with E-state index in [1.54, 1.807) is 0 Å². The van der Waals surface area contributed by atoms with Crippen molar-refractivity contribution < 1.29 is 9.47 Å². The van der Waals surface area contributed by atoms with Gasteiger partial charge in [-0.1, -0.05) is 30.3 Å². The van der Waals surface area contributed by atoms with Crippen LogP contribution in [0.2, 0.25) is 0 Å². The number of benzene rings is 1. The molecule has 0 amide bonds. The summed E-state index contributed by atoms with van der Waals surface area (Å²) >= 11 is 0. The second-order valence-corrected chi connectivity index (χ2v) is 7.24. The van der Waals surface area contributed by atoms with Gasteiger partial charge >= 0.3 is 6.01 Å². The van der Waals surface area contributed by atoms with E-state index < -0.39 is 0 Å². The van der Waals surface area contributed by atoms with Crippen LogP contribution in [0.4, 0.5) is 11.9 Å². The number of aromatic nitrogens is 5. The predicted molar refractivity (Wildman–Crippen MR) is 121 cm³/mol. The zero-order valence-corrected chi connectivity index (χ0v) is 18.3. The molecule has 3 heterocycles. The first-order valence-corrected chi connectivity index (χ1v) is 10.8. The van der Waals surface area contributed by atoms with E-state index in [-0.39, 0.29) is 17.4 Å². The zero-order valence-electron chi connectivity index (χ0n) is 18.3. The molecule has 0 N–H and O–H groups in total. The third-order valence-corrected chi connectivity index (χ3v) is 5.14. The predicted octanol–water partition coefficient (Wildman–Crippen LogP) is 1.95. The summed E-state index contributed by atoms with van der Waals surface area (Å²) in [6.07, 6.45) is 0. The first kappa shape index (κ1) is 21.7. The Kier molecular flexibility index (Phi) is 6.90. The van der Waals surface area contributed by atoms with Gasteiger partial charge in [0, 0.05) is 38.3 Å². The van der Waals surface area contributed by atoms with E-state index in [4.69, 9.17) is 9.47 Å². The maximum atomic E-state index is 12.3. The topological polar surface area (TPSA) is 98.5 Å². The van der Waals surface area contributed by atoms with E-state index in [0.29, 0.717) is 44.7 Å². The Morgan fingerprint density at radius 3 is 2.47 bits per heavy atom. The maximum Gasteiger partial charge on any atom is 0.330 e. The molecule has 4 rings (SSSR count). The minimum atomic E-state index is -0.213. The minimum absolute atomic E-state index is 0.140. The summed E-state index contributed by atoms with van der Waals surface area (Å²) in [5.74, 6) is 1.32. The highest BCUT2D eigenvalue weighted by molar-refractivity contribution is 5.41. The monoisotopic (exact) mass is 437 g/mol. The highest BCUT2D eigenvalue weighted by atomic mass is 16.5. The van der Waals surface area contributed by atoms with Crippen LogP contribution in [0.25, 0.3) is 0 Å². The average molecular weight is 438 g/mol. The van der Waals surface area contributed by atoms with Crippen LogP contribution in [-0.2, 0) is 11.3 Å². The second-order valence-electron chi connectivity index (χ2n) is 7.24. The molecule has 1 aliphatic heterocycles. The number of ether oxygens (including phenoxy) is 2. The summed E-state index contributed by atoms with van der Waals surface area (Å²) in [6.45, 7) is 8.57. The molecule has 3 aromatic rings. The van der Waals surface area contributed by atoms with E-state index in [1.807, 2.05) is 49.1 Å². The molecule has 2 aromatic heterocycles. The molecule has 0 atom stereocenters. The normalized spacial score (nSPS) is 13.8. The van der Waals surface area contributed by atoms with Crippen LogP contribution < -0.4 is 20.1 Å². The Morgan fingerprint density at radius 2 is 1.75 bits per heavy atom. The summed E-state index contributed by atoms with van der Waals surface area (Å²) < 4.78 is 12.7. The molecule has 168 valence electrons. The third-order valence-electron chi connectivity index (χ3n) is 5.14. The van der Waals surface area contributed by atoms with Crippen molar-refractivity contribution in [3.05, 3.63) is 58.4 Å². The molecule has 1 saturated heterocycles. The van der Waals surface area contributed by atoms with Crippen LogP contribution in [0.3, 0.4) is 0 Å². The lowest BCUT2D eigenvalue weighted by Crippen LogP contribution is -2.38. The zero-order chi connectivity index (χ0) is 22.3. The lowest BCUT2D eigenvalue weighted by atomic mass is 10.2. The molecular weight excluding hydrogens is 410 g/mol. The number of nitrogens with zero attached hydrogens (tertiary/aromatic N) is 7. The molecular formula is C22H27N7O3. The summed E-state index contributed by atoms with van der Waals surface area (Å²) in [4.78, 5) is 30.0. The highest BCUT2D eigenvalue weighted by Crippen LogP contribution is 2.22. The first-order valence-electron chi connectivity index (χ1n) is 10.8. The molecule has 32 heavy (non-hydrogen) atoms. The van der Waals surface area contributed by atoms with Crippen LogP contribution in [0, 0.1) is 0 Å². The van der Waals surface area contributed by atoms with E-state index >= 15 is 0 Å². The van der Waals surface area contributed by atoms with Crippen molar-refractivity contribution in [3.63, 3.8) is 0 Å². The van der Waals surface area contributed by atoms with Crippen molar-refractivity contribution in [2.45, 2.75) is 20.4 Å². The smallest absolute Gasteiger partial charge is 0.330 e. The molecule has 1 aliphatic rings. The Morgan fingerprint density at radius 1 is 1.00 bits per heavy atom. The standard InChI is InChI=1S/C22H27N7O3/c1-3-27(4-2)20-23-21(28-12-14-31-15-13-28)25-22(24-20)32-18-10-11-19(30)29(26-18)16-17-8-6-5-7-9-17/h5-11H,3-4,12-16H2,1-2H3. The average Bonchev–Trinajstić information content (AvgIpc) is 2.83. The van der Waals surface area contributed by atoms with Gasteiger partial charge in [0.2, 0.25) is 17.8 Å². The maximum absolute atomic E-state index is 12.3. The van der Waals surface area contributed by atoms with Gasteiger partial charge in [-0.05, 0) is 19.4 Å². The van der Waals surface area contributed by atoms with Gasteiger partial charge in [-0.15, -0.1) is 5.10 Å². The summed E-state index contributed by atoms with van der Waals surface area (Å²) in [5, 5.41) is 4.35. The Hall–Kier alpha value is -3.53. The van der Waals surface area contributed by atoms with Crippen molar-refractivity contribution in [2.75, 3.05) is 49.2 Å². The van der Waals surface area contributed by atoms with Crippen LogP contribution in [0.1, 0.15) is 19.4 Å². The lowest BCUT2D eigenvalue weighted by Gasteiger charge is -2.28. The Labute approximate surface area is 186 Å². The van der Waals surface area contributed by atoms with Gasteiger partial charge in [-0.2, -0.15) is 15.0 Å². The van der Waals surface area contributed by atoms with Crippen LogP contribution in [0.5, 0.6) is 11.9 Å². The van der Waals surface area contributed by atoms with E-state index in [2.05, 4.69) is 25.0 Å². The largest absolute Gasteiger partial charge is 0.403 e. The van der Waals surface area contributed by atoms with E-state index in [1.165, 1.54) is 16.8 Å². The molecule has 0 unspecified atom stereocenters. The number of hydrogen-bond donors (Lipinski definition) is 0. The quantitative estimate of drug-likeness (QED) is 0.524. The van der Waals surface area contributed by atoms with Crippen molar-refractivity contribution in [3.8, 4) is 11.9 Å². The van der Waals surface area contributed by atoms with Crippen LogP contribution in [-0.4, -0.2) is 64.1 Å². The molecule has 10 heteroatoms. The number of hydrogen-bond acceptors (Lipinski definition) is 9. The van der Waals surface area contributed by atoms with Gasteiger partial charge in [0.25, 0.3) is 5.56 Å². The molecule has 1 fully saturated rings. The summed E-state index contributed by atoms with van der Waals surface area (Å²) in [5.41, 5.74) is 0.757. The van der Waals surface area contributed by atoms with Gasteiger partial charge in [0.05, 0.1) is 19.8 Å². The minimum Gasteiger partial charge on any atom is -0.403 e. The summed E-state index contributed by atoms with van der Waals surface area (Å²) in [6, 6.07) is 12.8. The van der Waals surface area contributed by atoms with Crippen molar-refractivity contribution in [1.82, 2.24) is 24.7 Å². The lowest BCUT2D eigenvalue weighted by molar-refractivity contribution is 0.122. The molecule has 0 saturated carbocycles. The van der Waals surface area contributed by atoms with Crippen molar-refractivity contribution in [2.24, 2.45) is 0 Å². The molecule has 10 nitrogen and oxygen atoms in total. The van der Waals surface area contributed by atoms with Gasteiger partial charge in [-0.3, -0.25) is 4.79 Å². The first-order chi connectivity index (χ1) is 15.7. The second kappa shape index (κ2) is 10.2. The number of morpholine rings is 1. The van der Waals surface area contributed by atoms with Crippen LogP contribution >= 0.6 is 0 Å². The van der Waals surface area contributed by atoms with Gasteiger partial charge in [0.15, 0.2) is 0 Å². The SMILES string of the molecule is CCN(CC)c1nc(Oc2ccc(=O)n(Cc3ccccc3)n2)nc(N2CCOCC2)n1. The Balaban J connectivity index is 1.63. The van der Waals surface area contributed by atoms with E-state index in [9.17, 15) is 4.79 Å². The van der Waals surface area contributed by atoms with Crippen LogP contribution in [0.15, 0.2) is 47.3 Å². The molecule has 0 aliphatic carbocycles. The molecule has 0 radical (unpaired) electrons. The number of anilines is 2. The fraction of sp³-hybridized carbons (Fsp3) is 0.409. The Bertz CT molecular complexity index is 1080. The number of rotatable bonds is 8.